The van der Waals surface area contributed by atoms with Gasteiger partial charge in [0, 0.05) is 13.6 Å². The van der Waals surface area contributed by atoms with Crippen LogP contribution in [0.4, 0.5) is 0 Å². The van der Waals surface area contributed by atoms with E-state index >= 15 is 0 Å². The van der Waals surface area contributed by atoms with E-state index in [4.69, 9.17) is 14.9 Å². The third-order valence-corrected chi connectivity index (χ3v) is 1.67. The van der Waals surface area contributed by atoms with Gasteiger partial charge in [-0.2, -0.15) is 0 Å². The van der Waals surface area contributed by atoms with Crippen LogP contribution in [0.5, 0.6) is 0 Å². The summed E-state index contributed by atoms with van der Waals surface area (Å²) in [6.07, 6.45) is 0. The molecule has 0 bridgehead atoms. The van der Waals surface area contributed by atoms with Crippen LogP contribution < -0.4 is 5.32 Å². The maximum absolute atomic E-state index is 10.1. The Morgan fingerprint density at radius 1 is 1.67 bits per heavy atom. The Bertz CT molecular complexity index is 121. The quantitative estimate of drug-likeness (QED) is 0.386. The molecular weight excluding hydrogens is 145 g/mol. The summed E-state index contributed by atoms with van der Waals surface area (Å²) in [6.45, 7) is -0.204. The van der Waals surface area contributed by atoms with Gasteiger partial charge in [0.25, 0.3) is 0 Å². The monoisotopic (exact) mass is 154 g/mol. The second-order valence-electron chi connectivity index (χ2n) is 1.52. The van der Waals surface area contributed by atoms with Gasteiger partial charge in [0.1, 0.15) is 0 Å². The van der Waals surface area contributed by atoms with Crippen LogP contribution in [0.3, 0.4) is 0 Å². The zero-order chi connectivity index (χ0) is 7.49. The molecule has 5 nitrogen and oxygen atoms in total. The van der Waals surface area contributed by atoms with E-state index in [2.05, 4.69) is 12.4 Å². The van der Waals surface area contributed by atoms with E-state index in [-0.39, 0.29) is 6.54 Å². The highest BCUT2D eigenvalue weighted by Crippen LogP contribution is 2.38. The van der Waals surface area contributed by atoms with Crippen LogP contribution in [0.25, 0.3) is 0 Å². The molecule has 6 heteroatoms. The third-order valence-electron chi connectivity index (χ3n) is 0.715. The molecule has 0 fully saturated rings. The standard InChI is InChI=1S/C3H9NO4P/c1-4-2-3(5)9(6,7)8/h3-5H,1-2H2,(H2,6,7,8). The number of rotatable bonds is 3. The van der Waals surface area contributed by atoms with Crippen LogP contribution in [0.1, 0.15) is 0 Å². The van der Waals surface area contributed by atoms with Gasteiger partial charge in [-0.25, -0.2) is 0 Å². The first-order chi connectivity index (χ1) is 3.98. The highest BCUT2D eigenvalue weighted by Gasteiger charge is 2.24. The lowest BCUT2D eigenvalue weighted by atomic mass is 10.7. The van der Waals surface area contributed by atoms with Crippen molar-refractivity contribution in [2.24, 2.45) is 0 Å². The van der Waals surface area contributed by atoms with Crippen molar-refractivity contribution < 1.29 is 19.5 Å². The van der Waals surface area contributed by atoms with Crippen molar-refractivity contribution in [3.8, 4) is 0 Å². The van der Waals surface area contributed by atoms with E-state index in [0.29, 0.717) is 0 Å². The molecule has 0 amide bonds. The highest BCUT2D eigenvalue weighted by atomic mass is 31.2. The average molecular weight is 154 g/mol. The summed E-state index contributed by atoms with van der Waals surface area (Å²) < 4.78 is 10.1. The summed E-state index contributed by atoms with van der Waals surface area (Å²) in [7, 11) is -1.23. The van der Waals surface area contributed by atoms with Crippen molar-refractivity contribution in [3.63, 3.8) is 0 Å². The number of hydrogen-bond donors (Lipinski definition) is 4. The predicted octanol–water partition coefficient (Wildman–Crippen LogP) is -1.14. The fourth-order valence-electron chi connectivity index (χ4n) is 0.248. The lowest BCUT2D eigenvalue weighted by Crippen LogP contribution is -2.21. The lowest BCUT2D eigenvalue weighted by Gasteiger charge is -2.10. The number of hydrogen-bond acceptors (Lipinski definition) is 3. The molecule has 0 aliphatic carbocycles. The molecule has 0 aromatic heterocycles. The van der Waals surface area contributed by atoms with Gasteiger partial charge in [-0.05, 0) is 0 Å². The molecule has 0 rings (SSSR count). The minimum atomic E-state index is -4.32. The number of aliphatic hydroxyl groups excluding tert-OH is 1. The summed E-state index contributed by atoms with van der Waals surface area (Å²) in [5.41, 5.74) is 0. The second kappa shape index (κ2) is 3.29. The van der Waals surface area contributed by atoms with Crippen LogP contribution in [0.2, 0.25) is 0 Å². The van der Waals surface area contributed by atoms with Gasteiger partial charge in [-0.15, -0.1) is 0 Å². The summed E-state index contributed by atoms with van der Waals surface area (Å²) in [4.78, 5) is 16.4. The van der Waals surface area contributed by atoms with Crippen molar-refractivity contribution in [2.45, 2.75) is 5.85 Å². The molecule has 1 unspecified atom stereocenters. The first-order valence-electron chi connectivity index (χ1n) is 2.21. The molecule has 1 atom stereocenters. The topological polar surface area (TPSA) is 89.8 Å². The van der Waals surface area contributed by atoms with Gasteiger partial charge < -0.3 is 20.2 Å². The highest BCUT2D eigenvalue weighted by molar-refractivity contribution is 7.52. The van der Waals surface area contributed by atoms with Crippen molar-refractivity contribution in [3.05, 3.63) is 7.05 Å². The zero-order valence-electron chi connectivity index (χ0n) is 4.69. The van der Waals surface area contributed by atoms with Gasteiger partial charge in [0.15, 0.2) is 5.85 Å². The van der Waals surface area contributed by atoms with Crippen LogP contribution in [0, 0.1) is 7.05 Å². The molecule has 4 N–H and O–H groups in total. The molecule has 0 aromatic carbocycles. The molecule has 0 saturated heterocycles. The average Bonchev–Trinajstić information content (AvgIpc) is 1.64. The van der Waals surface area contributed by atoms with E-state index in [1.54, 1.807) is 0 Å². The Morgan fingerprint density at radius 3 is 2.22 bits per heavy atom. The van der Waals surface area contributed by atoms with Crippen molar-refractivity contribution in [1.29, 1.82) is 0 Å². The normalized spacial score (nSPS) is 15.6. The van der Waals surface area contributed by atoms with Crippen molar-refractivity contribution >= 4 is 7.60 Å². The van der Waals surface area contributed by atoms with Crippen LogP contribution in [-0.2, 0) is 4.57 Å². The summed E-state index contributed by atoms with van der Waals surface area (Å²) in [5.74, 6) is -1.64. The molecule has 0 spiro atoms. The molecule has 0 aliphatic rings. The first-order valence-corrected chi connectivity index (χ1v) is 3.90. The summed E-state index contributed by atoms with van der Waals surface area (Å²) in [5, 5.41) is 10.7. The fraction of sp³-hybridized carbons (Fsp3) is 0.667. The second-order valence-corrected chi connectivity index (χ2v) is 3.30. The Balaban J connectivity index is 3.74. The Labute approximate surface area is 52.9 Å². The smallest absolute Gasteiger partial charge is 0.355 e. The van der Waals surface area contributed by atoms with E-state index in [1.807, 2.05) is 0 Å². The van der Waals surface area contributed by atoms with E-state index in [1.165, 1.54) is 0 Å². The van der Waals surface area contributed by atoms with Crippen LogP contribution >= 0.6 is 7.60 Å². The fourth-order valence-corrected chi connectivity index (χ4v) is 0.615. The Kier molecular flexibility index (Phi) is 3.32. The van der Waals surface area contributed by atoms with Gasteiger partial charge in [0.05, 0.1) is 0 Å². The molecule has 0 aliphatic heterocycles. The van der Waals surface area contributed by atoms with Crippen LogP contribution in [0.15, 0.2) is 0 Å². The van der Waals surface area contributed by atoms with Crippen LogP contribution in [-0.4, -0.2) is 27.3 Å². The predicted molar refractivity (Wildman–Crippen MR) is 31.4 cm³/mol. The zero-order valence-corrected chi connectivity index (χ0v) is 5.58. The maximum Gasteiger partial charge on any atom is 0.355 e. The van der Waals surface area contributed by atoms with Crippen molar-refractivity contribution in [1.82, 2.24) is 5.32 Å². The molecular formula is C3H9NO4P. The van der Waals surface area contributed by atoms with Gasteiger partial charge >= 0.3 is 7.60 Å². The van der Waals surface area contributed by atoms with Gasteiger partial charge in [0.2, 0.25) is 0 Å². The SMILES string of the molecule is [CH2]NCC(O)P(=O)(O)O. The van der Waals surface area contributed by atoms with E-state index in [9.17, 15) is 4.57 Å². The van der Waals surface area contributed by atoms with Crippen molar-refractivity contribution in [2.75, 3.05) is 6.54 Å². The van der Waals surface area contributed by atoms with E-state index < -0.39 is 13.4 Å². The molecule has 0 heterocycles. The minimum absolute atomic E-state index is 0.204. The molecule has 9 heavy (non-hydrogen) atoms. The largest absolute Gasteiger partial charge is 0.379 e. The molecule has 0 aromatic rings. The minimum Gasteiger partial charge on any atom is -0.379 e. The van der Waals surface area contributed by atoms with Gasteiger partial charge in [-0.1, -0.05) is 0 Å². The molecule has 0 saturated carbocycles. The maximum atomic E-state index is 10.1. The Morgan fingerprint density at radius 2 is 2.11 bits per heavy atom. The first kappa shape index (κ1) is 9.07. The summed E-state index contributed by atoms with van der Waals surface area (Å²) in [6, 6.07) is 0. The Hall–Kier alpha value is 0.0700. The molecule has 1 radical (unpaired) electrons. The van der Waals surface area contributed by atoms with E-state index in [0.717, 1.165) is 0 Å². The summed E-state index contributed by atoms with van der Waals surface area (Å²) >= 11 is 0. The third kappa shape index (κ3) is 3.61. The lowest BCUT2D eigenvalue weighted by molar-refractivity contribution is 0.203. The number of aliphatic hydroxyl groups is 1. The number of nitrogens with one attached hydrogen (secondary N) is 1. The molecule has 55 valence electrons. The van der Waals surface area contributed by atoms with Gasteiger partial charge in [-0.3, -0.25) is 4.57 Å².